The maximum atomic E-state index is 12.1. The molecule has 0 saturated heterocycles. The molecular formula is C27H49NO5S2. The van der Waals surface area contributed by atoms with Crippen molar-refractivity contribution in [2.75, 3.05) is 24.9 Å². The summed E-state index contributed by atoms with van der Waals surface area (Å²) in [5, 5.41) is 3.02. The van der Waals surface area contributed by atoms with Crippen molar-refractivity contribution in [1.29, 1.82) is 0 Å². The number of unbranched alkanes of at least 4 members (excludes halogenated alkanes) is 14. The van der Waals surface area contributed by atoms with Crippen molar-refractivity contribution in [3.8, 4) is 0 Å². The van der Waals surface area contributed by atoms with Crippen molar-refractivity contribution in [1.82, 2.24) is 0 Å². The number of benzene rings is 1. The molecule has 0 bridgehead atoms. The Labute approximate surface area is 218 Å². The third-order valence-electron chi connectivity index (χ3n) is 5.82. The Bertz CT molecular complexity index is 736. The Morgan fingerprint density at radius 1 is 0.800 bits per heavy atom. The van der Waals surface area contributed by atoms with Crippen LogP contribution in [-0.2, 0) is 30.3 Å². The van der Waals surface area contributed by atoms with Gasteiger partial charge in [-0.3, -0.25) is 8.98 Å². The molecule has 1 N–H and O–H groups in total. The summed E-state index contributed by atoms with van der Waals surface area (Å²) >= 11 is 0. The van der Waals surface area contributed by atoms with E-state index in [9.17, 15) is 17.8 Å². The topological polar surface area (TPSA) is 95.5 Å². The molecule has 0 saturated carbocycles. The Morgan fingerprint density at radius 2 is 1.17 bits per heavy atom. The number of nitrogens with one attached hydrogen (secondary N) is 1. The van der Waals surface area contributed by atoms with Crippen LogP contribution in [0.25, 0.3) is 0 Å². The fourth-order valence-corrected chi connectivity index (χ4v) is 4.37. The van der Waals surface area contributed by atoms with Gasteiger partial charge in [0.1, 0.15) is 12.5 Å². The van der Waals surface area contributed by atoms with E-state index in [1.807, 2.05) is 12.1 Å². The maximum absolute atomic E-state index is 12.1. The highest BCUT2D eigenvalue weighted by molar-refractivity contribution is 7.95. The molecule has 8 heteroatoms. The molecule has 0 fully saturated rings. The molecule has 6 nitrogen and oxygen atoms in total. The molecular weight excluding hydrogens is 482 g/mol. The highest BCUT2D eigenvalue weighted by Gasteiger charge is 2.08. The highest BCUT2D eigenvalue weighted by atomic mass is 32.3. The Morgan fingerprint density at radius 3 is 1.51 bits per heavy atom. The lowest BCUT2D eigenvalue weighted by molar-refractivity contribution is -0.116. The number of anilines is 1. The minimum atomic E-state index is -4.41. The third kappa shape index (κ3) is 23.1. The van der Waals surface area contributed by atoms with Gasteiger partial charge < -0.3 is 9.87 Å². The van der Waals surface area contributed by atoms with E-state index in [-0.39, 0.29) is 16.8 Å². The normalized spacial score (nSPS) is 11.3. The number of carbonyl (C=O) groups excluding carboxylic acids is 1. The quantitative estimate of drug-likeness (QED) is 0.0880. The lowest BCUT2D eigenvalue weighted by Gasteiger charge is -2.06. The molecule has 1 amide bonds. The van der Waals surface area contributed by atoms with Crippen molar-refractivity contribution in [2.45, 2.75) is 115 Å². The second-order valence-corrected chi connectivity index (χ2v) is 12.4. The molecule has 0 heterocycles. The Hall–Kier alpha value is -1.09. The molecule has 0 atom stereocenters. The van der Waals surface area contributed by atoms with E-state index >= 15 is 0 Å². The first-order chi connectivity index (χ1) is 16.7. The fraction of sp³-hybridized carbons (Fsp3) is 0.741. The summed E-state index contributed by atoms with van der Waals surface area (Å²) in [7, 11) is -3.33. The second-order valence-electron chi connectivity index (χ2n) is 9.16. The van der Waals surface area contributed by atoms with Crippen LogP contribution >= 0.6 is 0 Å². The van der Waals surface area contributed by atoms with E-state index in [0.717, 1.165) is 19.2 Å². The third-order valence-corrected chi connectivity index (χ3v) is 7.44. The predicted octanol–water partition coefficient (Wildman–Crippen LogP) is 7.22. The van der Waals surface area contributed by atoms with Gasteiger partial charge in [0.25, 0.3) is 0 Å². The van der Waals surface area contributed by atoms with Gasteiger partial charge in [-0.2, -0.15) is 0 Å². The van der Waals surface area contributed by atoms with Gasteiger partial charge in [-0.15, -0.1) is 0 Å². The average Bonchev–Trinajstić information content (AvgIpc) is 2.82. The number of rotatable bonds is 19. The van der Waals surface area contributed by atoms with E-state index in [1.165, 1.54) is 94.8 Å². The second kappa shape index (κ2) is 22.1. The minimum Gasteiger partial charge on any atom is -0.726 e. The standard InChI is InChI=1S/C26H45NOS.CH4O4S/c1-4-5-6-7-8-9-10-11-12-13-14-15-16-17-18-19-26(28)27-24-20-22-25(23-21-24)29(2)3;1-5-6(2,3)4/h20-23H,4-19H2,1-3H3;1H3,(H,2,3,4). The van der Waals surface area contributed by atoms with Crippen LogP contribution in [0.2, 0.25) is 0 Å². The van der Waals surface area contributed by atoms with E-state index in [1.54, 1.807) is 0 Å². The van der Waals surface area contributed by atoms with E-state index in [2.05, 4.69) is 41.1 Å². The van der Waals surface area contributed by atoms with Crippen LogP contribution in [0.15, 0.2) is 29.2 Å². The number of hydrogen-bond donors (Lipinski definition) is 1. The molecule has 0 aliphatic rings. The zero-order valence-electron chi connectivity index (χ0n) is 22.5. The zero-order chi connectivity index (χ0) is 26.4. The van der Waals surface area contributed by atoms with E-state index in [0.29, 0.717) is 6.42 Å². The molecule has 1 aromatic rings. The lowest BCUT2D eigenvalue weighted by Crippen LogP contribution is -2.11. The van der Waals surface area contributed by atoms with Crippen LogP contribution < -0.4 is 5.32 Å². The summed E-state index contributed by atoms with van der Waals surface area (Å²) in [6, 6.07) is 8.28. The number of carbonyl (C=O) groups is 1. The van der Waals surface area contributed by atoms with Crippen LogP contribution in [0.3, 0.4) is 0 Å². The van der Waals surface area contributed by atoms with Crippen molar-refractivity contribution in [3.05, 3.63) is 24.3 Å². The number of amides is 1. The Balaban J connectivity index is 0.00000170. The molecule has 1 rings (SSSR count). The molecule has 204 valence electrons. The van der Waals surface area contributed by atoms with Gasteiger partial charge >= 0.3 is 0 Å². The molecule has 1 aromatic carbocycles. The summed E-state index contributed by atoms with van der Waals surface area (Å²) in [4.78, 5) is 13.4. The molecule has 0 unspecified atom stereocenters. The van der Waals surface area contributed by atoms with Crippen LogP contribution in [0.1, 0.15) is 110 Å². The molecule has 35 heavy (non-hydrogen) atoms. The summed E-state index contributed by atoms with van der Waals surface area (Å²) in [5.74, 6) is 0.152. The first kappa shape index (κ1) is 33.9. The van der Waals surface area contributed by atoms with E-state index in [4.69, 9.17) is 0 Å². The van der Waals surface area contributed by atoms with Gasteiger partial charge in [0.05, 0.1) is 7.11 Å². The minimum absolute atomic E-state index is 0.152. The van der Waals surface area contributed by atoms with Crippen molar-refractivity contribution >= 4 is 32.9 Å². The predicted molar refractivity (Wildman–Crippen MR) is 149 cm³/mol. The largest absolute Gasteiger partial charge is 0.726 e. The Kier molecular flexibility index (Phi) is 21.4. The summed E-state index contributed by atoms with van der Waals surface area (Å²) < 4.78 is 31.0. The van der Waals surface area contributed by atoms with E-state index < -0.39 is 10.4 Å². The summed E-state index contributed by atoms with van der Waals surface area (Å²) in [5.41, 5.74) is 0.921. The van der Waals surface area contributed by atoms with Crippen LogP contribution in [0.4, 0.5) is 5.69 Å². The summed E-state index contributed by atoms with van der Waals surface area (Å²) in [6.07, 6.45) is 25.4. The van der Waals surface area contributed by atoms with Gasteiger partial charge in [-0.05, 0) is 30.7 Å². The average molecular weight is 532 g/mol. The highest BCUT2D eigenvalue weighted by Crippen LogP contribution is 2.16. The number of hydrogen-bond acceptors (Lipinski definition) is 5. The first-order valence-corrected chi connectivity index (χ1v) is 16.6. The van der Waals surface area contributed by atoms with Gasteiger partial charge in [-0.1, -0.05) is 96.8 Å². The molecule has 0 radical (unpaired) electrons. The van der Waals surface area contributed by atoms with Crippen molar-refractivity contribution in [2.24, 2.45) is 0 Å². The van der Waals surface area contributed by atoms with Crippen molar-refractivity contribution < 1.29 is 21.9 Å². The maximum Gasteiger partial charge on any atom is 0.224 e. The summed E-state index contributed by atoms with van der Waals surface area (Å²) in [6.45, 7) is 2.28. The smallest absolute Gasteiger partial charge is 0.224 e. The molecule has 0 aliphatic heterocycles. The molecule has 0 aromatic heterocycles. The van der Waals surface area contributed by atoms with Crippen LogP contribution in [-0.4, -0.2) is 38.5 Å². The zero-order valence-corrected chi connectivity index (χ0v) is 24.1. The lowest BCUT2D eigenvalue weighted by atomic mass is 10.0. The first-order valence-electron chi connectivity index (χ1n) is 13.2. The van der Waals surface area contributed by atoms with Gasteiger partial charge in [0.2, 0.25) is 16.3 Å². The van der Waals surface area contributed by atoms with Crippen molar-refractivity contribution in [3.63, 3.8) is 0 Å². The molecule has 0 aliphatic carbocycles. The van der Waals surface area contributed by atoms with Gasteiger partial charge in [-0.25, -0.2) is 8.42 Å². The van der Waals surface area contributed by atoms with Gasteiger partial charge in [0, 0.05) is 23.0 Å². The SMILES string of the molecule is CCCCCCCCCCCCCCCCCC(=O)Nc1ccc([S+](C)C)cc1.COS(=O)(=O)[O-]. The monoisotopic (exact) mass is 531 g/mol. The van der Waals surface area contributed by atoms with Crippen LogP contribution in [0, 0.1) is 0 Å². The van der Waals surface area contributed by atoms with Crippen LogP contribution in [0.5, 0.6) is 0 Å². The molecule has 0 spiro atoms. The van der Waals surface area contributed by atoms with Gasteiger partial charge in [0.15, 0.2) is 4.90 Å². The fourth-order valence-electron chi connectivity index (χ4n) is 3.69.